The predicted octanol–water partition coefficient (Wildman–Crippen LogP) is 1.72. The fourth-order valence-corrected chi connectivity index (χ4v) is 3.50. The number of likely N-dealkylation sites (tertiary alicyclic amines) is 1. The monoisotopic (exact) mass is 299 g/mol. The minimum atomic E-state index is -0.728. The molecule has 1 aliphatic carbocycles. The topological polar surface area (TPSA) is 41.3 Å². The Kier molecular flexibility index (Phi) is 2.80. The zero-order valence-electron chi connectivity index (χ0n) is 10.1. The summed E-state index contributed by atoms with van der Waals surface area (Å²) in [6.45, 7) is 4.61. The van der Waals surface area contributed by atoms with E-state index in [-0.39, 0.29) is 0 Å². The van der Waals surface area contributed by atoms with Gasteiger partial charge in [0.15, 0.2) is 0 Å². The number of hydrogen-bond donors (Lipinski definition) is 1. The van der Waals surface area contributed by atoms with Gasteiger partial charge in [0.2, 0.25) is 0 Å². The quantitative estimate of drug-likeness (QED) is 0.924. The van der Waals surface area contributed by atoms with Crippen LogP contribution in [0.25, 0.3) is 0 Å². The molecule has 1 aromatic heterocycles. The number of nitrogens with zero attached hydrogens (tertiary/aromatic N) is 3. The number of halogens is 1. The van der Waals surface area contributed by atoms with Gasteiger partial charge in [-0.25, -0.2) is 0 Å². The maximum Gasteiger partial charge on any atom is 0.121 e. The van der Waals surface area contributed by atoms with Crippen molar-refractivity contribution in [3.05, 3.63) is 16.4 Å². The van der Waals surface area contributed by atoms with Gasteiger partial charge in [0, 0.05) is 25.7 Å². The van der Waals surface area contributed by atoms with E-state index in [4.69, 9.17) is 0 Å². The van der Waals surface area contributed by atoms with Crippen molar-refractivity contribution in [3.8, 4) is 0 Å². The summed E-state index contributed by atoms with van der Waals surface area (Å²) >= 11 is 3.51. The highest BCUT2D eigenvalue weighted by Gasteiger charge is 2.45. The molecule has 1 unspecified atom stereocenters. The molecule has 0 amide bonds. The number of rotatable bonds is 3. The fraction of sp³-hybridized carbons (Fsp3) is 0.750. The molecule has 4 nitrogen and oxygen atoms in total. The molecule has 1 aromatic rings. The van der Waals surface area contributed by atoms with E-state index in [1.54, 1.807) is 6.20 Å². The molecular formula is C12H18BrN3O. The van der Waals surface area contributed by atoms with Gasteiger partial charge in [-0.3, -0.25) is 9.58 Å². The number of aliphatic hydroxyl groups is 1. The number of hydrogen-bond acceptors (Lipinski definition) is 3. The summed E-state index contributed by atoms with van der Waals surface area (Å²) in [6, 6.07) is 0.723. The standard InChI is InChI=1S/C12H18BrN3O/c1-2-16-11(10(13)7-14-16)12(17)5-6-15(8-12)9-3-4-9/h7,9,17H,2-6,8H2,1H3. The van der Waals surface area contributed by atoms with Crippen molar-refractivity contribution in [1.82, 2.24) is 14.7 Å². The van der Waals surface area contributed by atoms with Crippen LogP contribution in [0.15, 0.2) is 10.7 Å². The van der Waals surface area contributed by atoms with Gasteiger partial charge in [-0.2, -0.15) is 5.10 Å². The van der Waals surface area contributed by atoms with E-state index in [1.165, 1.54) is 12.8 Å². The smallest absolute Gasteiger partial charge is 0.121 e. The molecule has 1 saturated carbocycles. The molecule has 1 aliphatic heterocycles. The van der Waals surface area contributed by atoms with Crippen LogP contribution in [0.4, 0.5) is 0 Å². The molecule has 1 saturated heterocycles. The molecule has 2 heterocycles. The van der Waals surface area contributed by atoms with E-state index >= 15 is 0 Å². The second-order valence-electron chi connectivity index (χ2n) is 5.14. The Bertz CT molecular complexity index is 429. The summed E-state index contributed by atoms with van der Waals surface area (Å²) in [5.41, 5.74) is 0.219. The first-order valence-corrected chi connectivity index (χ1v) is 7.11. The molecule has 94 valence electrons. The van der Waals surface area contributed by atoms with Crippen LogP contribution in [0.3, 0.4) is 0 Å². The van der Waals surface area contributed by atoms with Crippen molar-refractivity contribution in [2.45, 2.75) is 44.4 Å². The predicted molar refractivity (Wildman–Crippen MR) is 68.7 cm³/mol. The number of β-amino-alcohol motifs (C(OH)–C–C–N with tert-alkyl or cyclic N) is 1. The SMILES string of the molecule is CCn1ncc(Br)c1C1(O)CCN(C2CC2)C1. The van der Waals surface area contributed by atoms with Gasteiger partial charge < -0.3 is 5.11 Å². The minimum absolute atomic E-state index is 0.723. The average Bonchev–Trinajstić information content (AvgIpc) is 2.98. The van der Waals surface area contributed by atoms with Crippen LogP contribution in [0.2, 0.25) is 0 Å². The normalized spacial score (nSPS) is 30.1. The summed E-state index contributed by atoms with van der Waals surface area (Å²) in [5.74, 6) is 0. The molecule has 0 radical (unpaired) electrons. The second-order valence-corrected chi connectivity index (χ2v) is 5.99. The van der Waals surface area contributed by atoms with Crippen LogP contribution < -0.4 is 0 Å². The van der Waals surface area contributed by atoms with Crippen LogP contribution >= 0.6 is 15.9 Å². The van der Waals surface area contributed by atoms with Crippen molar-refractivity contribution in [1.29, 1.82) is 0 Å². The number of aromatic nitrogens is 2. The summed E-state index contributed by atoms with van der Waals surface area (Å²) < 4.78 is 2.83. The lowest BCUT2D eigenvalue weighted by Crippen LogP contribution is -2.34. The van der Waals surface area contributed by atoms with E-state index in [0.29, 0.717) is 0 Å². The Morgan fingerprint density at radius 1 is 1.59 bits per heavy atom. The maximum atomic E-state index is 10.9. The Morgan fingerprint density at radius 3 is 3.00 bits per heavy atom. The van der Waals surface area contributed by atoms with Gasteiger partial charge in [0.05, 0.1) is 16.4 Å². The Morgan fingerprint density at radius 2 is 2.35 bits per heavy atom. The summed E-state index contributed by atoms with van der Waals surface area (Å²) in [4.78, 5) is 2.42. The van der Waals surface area contributed by atoms with Gasteiger partial charge >= 0.3 is 0 Å². The van der Waals surface area contributed by atoms with Crippen molar-refractivity contribution in [2.75, 3.05) is 13.1 Å². The Hall–Kier alpha value is -0.390. The fourth-order valence-electron chi connectivity index (χ4n) is 2.83. The number of aryl methyl sites for hydroxylation is 1. The van der Waals surface area contributed by atoms with E-state index in [9.17, 15) is 5.11 Å². The van der Waals surface area contributed by atoms with Crippen LogP contribution in [-0.4, -0.2) is 38.9 Å². The molecule has 0 spiro atoms. The molecule has 1 atom stereocenters. The third kappa shape index (κ3) is 1.94. The largest absolute Gasteiger partial charge is 0.382 e. The van der Waals surface area contributed by atoms with Crippen LogP contribution in [0.1, 0.15) is 31.9 Å². The van der Waals surface area contributed by atoms with Gasteiger partial charge in [0.1, 0.15) is 5.60 Å². The van der Waals surface area contributed by atoms with E-state index < -0.39 is 5.60 Å². The average molecular weight is 300 g/mol. The van der Waals surface area contributed by atoms with Crippen LogP contribution in [-0.2, 0) is 12.1 Å². The van der Waals surface area contributed by atoms with E-state index in [2.05, 4.69) is 32.9 Å². The van der Waals surface area contributed by atoms with E-state index in [0.717, 1.165) is 42.3 Å². The molecule has 5 heteroatoms. The lowest BCUT2D eigenvalue weighted by atomic mass is 9.99. The van der Waals surface area contributed by atoms with Gasteiger partial charge in [-0.05, 0) is 42.1 Å². The highest BCUT2D eigenvalue weighted by Crippen LogP contribution is 2.40. The van der Waals surface area contributed by atoms with Crippen molar-refractivity contribution < 1.29 is 5.11 Å². The Labute approximate surface area is 110 Å². The van der Waals surface area contributed by atoms with Crippen molar-refractivity contribution >= 4 is 15.9 Å². The first-order chi connectivity index (χ1) is 8.14. The molecule has 2 fully saturated rings. The highest BCUT2D eigenvalue weighted by atomic mass is 79.9. The third-order valence-electron chi connectivity index (χ3n) is 3.88. The molecule has 1 N–H and O–H groups in total. The van der Waals surface area contributed by atoms with Crippen LogP contribution in [0, 0.1) is 0 Å². The molecular weight excluding hydrogens is 282 g/mol. The van der Waals surface area contributed by atoms with Crippen LogP contribution in [0.5, 0.6) is 0 Å². The lowest BCUT2D eigenvalue weighted by molar-refractivity contribution is 0.0355. The molecule has 2 aliphatic rings. The second kappa shape index (κ2) is 4.07. The molecule has 0 bridgehead atoms. The molecule has 17 heavy (non-hydrogen) atoms. The molecule has 3 rings (SSSR count). The van der Waals surface area contributed by atoms with Gasteiger partial charge in [0.25, 0.3) is 0 Å². The van der Waals surface area contributed by atoms with Crippen molar-refractivity contribution in [2.24, 2.45) is 0 Å². The first kappa shape index (κ1) is 11.7. The zero-order valence-corrected chi connectivity index (χ0v) is 11.7. The highest BCUT2D eigenvalue weighted by molar-refractivity contribution is 9.10. The Balaban J connectivity index is 1.89. The minimum Gasteiger partial charge on any atom is -0.382 e. The van der Waals surface area contributed by atoms with E-state index in [1.807, 2.05) is 4.68 Å². The first-order valence-electron chi connectivity index (χ1n) is 6.32. The third-order valence-corrected chi connectivity index (χ3v) is 4.46. The molecule has 0 aromatic carbocycles. The summed E-state index contributed by atoms with van der Waals surface area (Å²) in [5, 5.41) is 15.2. The lowest BCUT2D eigenvalue weighted by Gasteiger charge is -2.25. The maximum absolute atomic E-state index is 10.9. The van der Waals surface area contributed by atoms with Gasteiger partial charge in [-0.15, -0.1) is 0 Å². The van der Waals surface area contributed by atoms with Gasteiger partial charge in [-0.1, -0.05) is 0 Å². The van der Waals surface area contributed by atoms with Crippen molar-refractivity contribution in [3.63, 3.8) is 0 Å². The zero-order chi connectivity index (χ0) is 12.0. The summed E-state index contributed by atoms with van der Waals surface area (Å²) in [6.07, 6.45) is 5.19. The summed E-state index contributed by atoms with van der Waals surface area (Å²) in [7, 11) is 0.